The third kappa shape index (κ3) is 4.41. The molecular formula is C30H30FN7. The van der Waals surface area contributed by atoms with Gasteiger partial charge in [0.1, 0.15) is 11.4 Å². The highest BCUT2D eigenvalue weighted by Gasteiger charge is 2.21. The van der Waals surface area contributed by atoms with Gasteiger partial charge in [0.25, 0.3) is 0 Å². The Bertz CT molecular complexity index is 1670. The summed E-state index contributed by atoms with van der Waals surface area (Å²) in [6, 6.07) is 7.99. The Hall–Kier alpha value is -4.17. The molecule has 0 spiro atoms. The van der Waals surface area contributed by atoms with Gasteiger partial charge in [0.2, 0.25) is 0 Å². The molecule has 1 fully saturated rings. The number of piperidine rings is 1. The molecule has 7 nitrogen and oxygen atoms in total. The molecule has 6 rings (SSSR count). The van der Waals surface area contributed by atoms with Gasteiger partial charge in [0, 0.05) is 30.1 Å². The number of aromatic nitrogens is 6. The monoisotopic (exact) mass is 507 g/mol. The van der Waals surface area contributed by atoms with Crippen LogP contribution >= 0.6 is 0 Å². The number of likely N-dealkylation sites (tertiary alicyclic amines) is 1. The van der Waals surface area contributed by atoms with Gasteiger partial charge in [-0.05, 0) is 63.0 Å². The first kappa shape index (κ1) is 24.2. The first-order valence-corrected chi connectivity index (χ1v) is 13.1. The Kier molecular flexibility index (Phi) is 6.55. The maximum Gasteiger partial charge on any atom is 0.161 e. The van der Waals surface area contributed by atoms with Gasteiger partial charge in [0.15, 0.2) is 11.6 Å². The summed E-state index contributed by atoms with van der Waals surface area (Å²) in [5.74, 6) is 0.0644. The number of nitrogens with one attached hydrogen (secondary N) is 2. The molecule has 1 saturated heterocycles. The summed E-state index contributed by atoms with van der Waals surface area (Å²) < 4.78 is 16.1. The van der Waals surface area contributed by atoms with Crippen LogP contribution in [0.5, 0.6) is 0 Å². The fourth-order valence-corrected chi connectivity index (χ4v) is 5.33. The summed E-state index contributed by atoms with van der Waals surface area (Å²) in [5, 5.41) is 7.72. The van der Waals surface area contributed by atoms with Crippen LogP contribution in [0.25, 0.3) is 50.3 Å². The highest BCUT2D eigenvalue weighted by molar-refractivity contribution is 5.97. The Morgan fingerprint density at radius 3 is 2.74 bits per heavy atom. The number of para-hydroxylation sites is 1. The number of hydrogen-bond acceptors (Lipinski definition) is 5. The van der Waals surface area contributed by atoms with Crippen LogP contribution in [0.4, 0.5) is 4.39 Å². The maximum absolute atomic E-state index is 16.1. The van der Waals surface area contributed by atoms with E-state index >= 15 is 4.39 Å². The maximum atomic E-state index is 16.1. The summed E-state index contributed by atoms with van der Waals surface area (Å²) in [6.45, 7) is 6.98. The Morgan fingerprint density at radius 2 is 1.92 bits per heavy atom. The van der Waals surface area contributed by atoms with Gasteiger partial charge in [-0.3, -0.25) is 20.0 Å². The van der Waals surface area contributed by atoms with E-state index in [1.165, 1.54) is 19.3 Å². The number of fused-ring (bicyclic) bond motifs is 2. The van der Waals surface area contributed by atoms with Crippen molar-refractivity contribution in [3.05, 3.63) is 78.0 Å². The van der Waals surface area contributed by atoms with Gasteiger partial charge >= 0.3 is 0 Å². The number of pyridine rings is 2. The lowest BCUT2D eigenvalue weighted by Crippen LogP contribution is -2.29. The Balaban J connectivity index is 1.41. The summed E-state index contributed by atoms with van der Waals surface area (Å²) in [5.41, 5.74) is 6.66. The molecule has 0 unspecified atom stereocenters. The van der Waals surface area contributed by atoms with Crippen molar-refractivity contribution in [3.8, 4) is 22.8 Å². The fourth-order valence-electron chi connectivity index (χ4n) is 5.33. The topological polar surface area (TPSA) is 86.4 Å². The second-order valence-electron chi connectivity index (χ2n) is 9.73. The molecular weight excluding hydrogens is 477 g/mol. The number of allylic oxidation sites excluding steroid dienone is 4. The lowest BCUT2D eigenvalue weighted by Gasteiger charge is -2.26. The van der Waals surface area contributed by atoms with Gasteiger partial charge in [-0.25, -0.2) is 9.37 Å². The molecule has 0 amide bonds. The van der Waals surface area contributed by atoms with Crippen LogP contribution in [0.2, 0.25) is 0 Å². The zero-order valence-electron chi connectivity index (χ0n) is 21.6. The standard InChI is InChI=1S/C30H30FN7/c1-3-9-20(4-2)22-10-8-11-23-28(22)35-30(34-23)29-25-24(36-37-29)17-33-27(26(25)31)21-14-19(15-32-16-21)18-38-12-6-5-7-13-38/h3-4,8-11,14-17H,5-7,12-13,18H2,1-2H3,(H,34,35)(H,36,37)/b9-3-,20-4+. The van der Waals surface area contributed by atoms with Crippen LogP contribution in [0, 0.1) is 5.82 Å². The molecule has 0 aliphatic carbocycles. The smallest absolute Gasteiger partial charge is 0.161 e. The van der Waals surface area contributed by atoms with Crippen molar-refractivity contribution >= 4 is 27.5 Å². The van der Waals surface area contributed by atoms with E-state index in [1.807, 2.05) is 50.4 Å². The number of aromatic amines is 2. The van der Waals surface area contributed by atoms with Gasteiger partial charge in [-0.2, -0.15) is 5.10 Å². The van der Waals surface area contributed by atoms with Gasteiger partial charge in [-0.15, -0.1) is 0 Å². The molecule has 0 saturated carbocycles. The molecule has 192 valence electrons. The molecule has 38 heavy (non-hydrogen) atoms. The van der Waals surface area contributed by atoms with E-state index in [0.29, 0.717) is 28.0 Å². The van der Waals surface area contributed by atoms with E-state index in [1.54, 1.807) is 12.4 Å². The molecule has 1 aromatic carbocycles. The summed E-state index contributed by atoms with van der Waals surface area (Å²) in [4.78, 5) is 19.5. The molecule has 5 aromatic rings. The number of nitrogens with zero attached hydrogens (tertiary/aromatic N) is 5. The Labute approximate surface area is 220 Å². The minimum atomic E-state index is -0.438. The number of halogens is 1. The van der Waals surface area contributed by atoms with Crippen molar-refractivity contribution in [3.63, 3.8) is 0 Å². The molecule has 2 N–H and O–H groups in total. The minimum absolute atomic E-state index is 0.259. The van der Waals surface area contributed by atoms with Gasteiger partial charge < -0.3 is 4.98 Å². The van der Waals surface area contributed by atoms with Gasteiger partial charge in [0.05, 0.1) is 28.1 Å². The number of H-pyrrole nitrogens is 2. The molecule has 8 heteroatoms. The highest BCUT2D eigenvalue weighted by atomic mass is 19.1. The molecule has 0 atom stereocenters. The predicted octanol–water partition coefficient (Wildman–Crippen LogP) is 6.67. The summed E-state index contributed by atoms with van der Waals surface area (Å²) >= 11 is 0. The van der Waals surface area contributed by atoms with E-state index in [-0.39, 0.29) is 5.69 Å². The largest absolute Gasteiger partial charge is 0.337 e. The van der Waals surface area contributed by atoms with E-state index in [9.17, 15) is 0 Å². The fraction of sp³-hybridized carbons (Fsp3) is 0.267. The average molecular weight is 508 g/mol. The quantitative estimate of drug-likeness (QED) is 0.251. The lowest BCUT2D eigenvalue weighted by atomic mass is 10.0. The van der Waals surface area contributed by atoms with E-state index in [0.717, 1.165) is 47.4 Å². The summed E-state index contributed by atoms with van der Waals surface area (Å²) in [6.07, 6.45) is 15.0. The molecule has 0 bridgehead atoms. The van der Waals surface area contributed by atoms with E-state index < -0.39 is 5.82 Å². The van der Waals surface area contributed by atoms with Crippen molar-refractivity contribution in [2.24, 2.45) is 0 Å². The number of rotatable bonds is 6. The average Bonchev–Trinajstić information content (AvgIpc) is 3.57. The summed E-state index contributed by atoms with van der Waals surface area (Å²) in [7, 11) is 0. The second-order valence-corrected chi connectivity index (χ2v) is 9.73. The van der Waals surface area contributed by atoms with Crippen LogP contribution in [0.1, 0.15) is 44.2 Å². The van der Waals surface area contributed by atoms with Crippen molar-refractivity contribution in [1.29, 1.82) is 0 Å². The van der Waals surface area contributed by atoms with Crippen LogP contribution in [-0.2, 0) is 6.54 Å². The van der Waals surface area contributed by atoms with E-state index in [2.05, 4.69) is 42.2 Å². The van der Waals surface area contributed by atoms with E-state index in [4.69, 9.17) is 4.98 Å². The van der Waals surface area contributed by atoms with Crippen molar-refractivity contribution in [2.45, 2.75) is 39.7 Å². The number of benzene rings is 1. The molecule has 5 heterocycles. The molecule has 1 aliphatic heterocycles. The number of imidazole rings is 1. The van der Waals surface area contributed by atoms with Crippen molar-refractivity contribution in [2.75, 3.05) is 13.1 Å². The van der Waals surface area contributed by atoms with Crippen molar-refractivity contribution in [1.82, 2.24) is 35.0 Å². The molecule has 1 aliphatic rings. The molecule has 0 radical (unpaired) electrons. The predicted molar refractivity (Wildman–Crippen MR) is 150 cm³/mol. The third-order valence-corrected chi connectivity index (χ3v) is 7.17. The normalized spacial score (nSPS) is 15.3. The minimum Gasteiger partial charge on any atom is -0.337 e. The lowest BCUT2D eigenvalue weighted by molar-refractivity contribution is 0.220. The van der Waals surface area contributed by atoms with Crippen LogP contribution < -0.4 is 0 Å². The third-order valence-electron chi connectivity index (χ3n) is 7.17. The zero-order valence-corrected chi connectivity index (χ0v) is 21.6. The zero-order chi connectivity index (χ0) is 26.1. The van der Waals surface area contributed by atoms with Gasteiger partial charge in [-0.1, -0.05) is 36.8 Å². The Morgan fingerprint density at radius 1 is 1.05 bits per heavy atom. The highest BCUT2D eigenvalue weighted by Crippen LogP contribution is 2.34. The van der Waals surface area contributed by atoms with Crippen LogP contribution in [-0.4, -0.2) is 48.1 Å². The second kappa shape index (κ2) is 10.3. The first-order valence-electron chi connectivity index (χ1n) is 13.1. The van der Waals surface area contributed by atoms with Crippen LogP contribution in [0.15, 0.2) is 61.1 Å². The number of hydrogen-bond donors (Lipinski definition) is 2. The SMILES string of the molecule is C/C=C\C(=C/C)c1cccc2[nH]c(-c3n[nH]c4cnc(-c5cncc(CN6CCCCC6)c5)c(F)c34)nc12. The molecule has 4 aromatic heterocycles. The first-order chi connectivity index (χ1) is 18.7. The van der Waals surface area contributed by atoms with Crippen molar-refractivity contribution < 1.29 is 4.39 Å². The van der Waals surface area contributed by atoms with Crippen LogP contribution in [0.3, 0.4) is 0 Å².